The van der Waals surface area contributed by atoms with Gasteiger partial charge >= 0.3 is 11.9 Å². The molecule has 0 unspecified atom stereocenters. The summed E-state index contributed by atoms with van der Waals surface area (Å²) in [5, 5.41) is 23.9. The molecule has 0 spiro atoms. The second-order valence-electron chi connectivity index (χ2n) is 7.69. The van der Waals surface area contributed by atoms with Crippen molar-refractivity contribution in [2.24, 2.45) is 0 Å². The molecule has 0 aliphatic rings. The van der Waals surface area contributed by atoms with Gasteiger partial charge in [0, 0.05) is 24.0 Å². The molecule has 3 rings (SSSR count). The van der Waals surface area contributed by atoms with Crippen molar-refractivity contribution in [2.45, 2.75) is 24.9 Å². The molecular formula is C26H24N2O6. The summed E-state index contributed by atoms with van der Waals surface area (Å²) in [5.41, 5.74) is 1.89. The fraction of sp³-hybridized carbons (Fsp3) is 0.154. The predicted molar refractivity (Wildman–Crippen MR) is 125 cm³/mol. The van der Waals surface area contributed by atoms with Gasteiger partial charge in [-0.3, -0.25) is 9.59 Å². The molecule has 8 nitrogen and oxygen atoms in total. The van der Waals surface area contributed by atoms with Crippen LogP contribution < -0.4 is 10.6 Å². The number of carboxylic acids is 2. The topological polar surface area (TPSA) is 133 Å². The molecule has 0 saturated heterocycles. The van der Waals surface area contributed by atoms with E-state index in [0.717, 1.165) is 11.1 Å². The first-order chi connectivity index (χ1) is 16.3. The van der Waals surface area contributed by atoms with Crippen LogP contribution in [-0.4, -0.2) is 46.0 Å². The lowest BCUT2D eigenvalue weighted by Crippen LogP contribution is -2.42. The lowest BCUT2D eigenvalue weighted by atomic mass is 10.0. The van der Waals surface area contributed by atoms with E-state index in [1.165, 1.54) is 24.3 Å². The van der Waals surface area contributed by atoms with Gasteiger partial charge < -0.3 is 20.8 Å². The molecule has 4 N–H and O–H groups in total. The molecule has 0 heterocycles. The van der Waals surface area contributed by atoms with Gasteiger partial charge in [-0.05, 0) is 35.4 Å². The first-order valence-corrected chi connectivity index (χ1v) is 10.6. The minimum Gasteiger partial charge on any atom is -0.480 e. The van der Waals surface area contributed by atoms with E-state index in [4.69, 9.17) is 0 Å². The summed E-state index contributed by atoms with van der Waals surface area (Å²) in [5.74, 6) is -3.51. The van der Waals surface area contributed by atoms with Crippen LogP contribution in [0.1, 0.15) is 31.8 Å². The minimum atomic E-state index is -1.16. The smallest absolute Gasteiger partial charge is 0.326 e. The summed E-state index contributed by atoms with van der Waals surface area (Å²) in [4.78, 5) is 48.3. The quantitative estimate of drug-likeness (QED) is 0.368. The molecule has 174 valence electrons. The average molecular weight is 460 g/mol. The number of aliphatic carboxylic acids is 2. The van der Waals surface area contributed by atoms with E-state index < -0.39 is 35.8 Å². The van der Waals surface area contributed by atoms with Gasteiger partial charge in [0.05, 0.1) is 0 Å². The van der Waals surface area contributed by atoms with Crippen LogP contribution in [0, 0.1) is 0 Å². The zero-order valence-electron chi connectivity index (χ0n) is 18.2. The van der Waals surface area contributed by atoms with Crippen LogP contribution in [0.15, 0.2) is 84.9 Å². The zero-order chi connectivity index (χ0) is 24.5. The molecule has 3 aromatic rings. The summed E-state index contributed by atoms with van der Waals surface area (Å²) in [6.07, 6.45) is 0.251. The van der Waals surface area contributed by atoms with Gasteiger partial charge in [-0.2, -0.15) is 0 Å². The van der Waals surface area contributed by atoms with Crippen molar-refractivity contribution in [1.29, 1.82) is 0 Å². The van der Waals surface area contributed by atoms with Crippen molar-refractivity contribution in [1.82, 2.24) is 10.6 Å². The molecule has 34 heavy (non-hydrogen) atoms. The standard InChI is InChI=1S/C26H24N2O6/c29-23(27-21(25(31)32)15-17-7-3-1-4-8-17)19-11-13-20(14-12-19)24(30)28-22(26(33)34)16-18-9-5-2-6-10-18/h1-14,21-22H,15-16H2,(H,27,29)(H,28,30)(H,31,32)(H,33,34)/t21-,22-/m1/s1. The molecule has 0 fully saturated rings. The van der Waals surface area contributed by atoms with E-state index in [1.54, 1.807) is 48.5 Å². The third-order valence-electron chi connectivity index (χ3n) is 5.18. The molecule has 0 aliphatic carbocycles. The van der Waals surface area contributed by atoms with Crippen LogP contribution in [0.2, 0.25) is 0 Å². The Hall–Kier alpha value is -4.46. The van der Waals surface area contributed by atoms with E-state index in [0.29, 0.717) is 0 Å². The van der Waals surface area contributed by atoms with Crippen LogP contribution in [0.3, 0.4) is 0 Å². The maximum atomic E-state index is 12.5. The van der Waals surface area contributed by atoms with E-state index >= 15 is 0 Å². The minimum absolute atomic E-state index is 0.125. The number of hydrogen-bond donors (Lipinski definition) is 4. The highest BCUT2D eigenvalue weighted by atomic mass is 16.4. The number of amides is 2. The molecule has 0 bridgehead atoms. The van der Waals surface area contributed by atoms with E-state index in [-0.39, 0.29) is 24.0 Å². The maximum Gasteiger partial charge on any atom is 0.326 e. The molecule has 0 saturated carbocycles. The summed E-state index contributed by atoms with van der Waals surface area (Å²) in [6.45, 7) is 0. The van der Waals surface area contributed by atoms with Crippen LogP contribution >= 0.6 is 0 Å². The third-order valence-corrected chi connectivity index (χ3v) is 5.18. The van der Waals surface area contributed by atoms with Crippen LogP contribution in [0.25, 0.3) is 0 Å². The fourth-order valence-corrected chi connectivity index (χ4v) is 3.36. The summed E-state index contributed by atoms with van der Waals surface area (Å²) < 4.78 is 0. The van der Waals surface area contributed by atoms with Gasteiger partial charge in [0.25, 0.3) is 11.8 Å². The molecule has 0 radical (unpaired) electrons. The highest BCUT2D eigenvalue weighted by Crippen LogP contribution is 2.09. The number of carbonyl (C=O) groups excluding carboxylic acids is 2. The fourth-order valence-electron chi connectivity index (χ4n) is 3.36. The molecule has 2 atom stereocenters. The highest BCUT2D eigenvalue weighted by Gasteiger charge is 2.23. The number of benzene rings is 3. The molecular weight excluding hydrogens is 436 g/mol. The van der Waals surface area contributed by atoms with Crippen molar-refractivity contribution in [3.63, 3.8) is 0 Å². The summed E-state index contributed by atoms with van der Waals surface area (Å²) in [7, 11) is 0. The Kier molecular flexibility index (Phi) is 8.12. The SMILES string of the molecule is O=C(N[C@H](Cc1ccccc1)C(=O)O)c1ccc(C(=O)N[C@H](Cc2ccccc2)C(=O)O)cc1. The Morgan fingerprint density at radius 3 is 1.18 bits per heavy atom. The predicted octanol–water partition coefficient (Wildman–Crippen LogP) is 2.54. The van der Waals surface area contributed by atoms with Gasteiger partial charge in [-0.25, -0.2) is 9.59 Å². The molecule has 0 aromatic heterocycles. The van der Waals surface area contributed by atoms with E-state index in [1.807, 2.05) is 12.1 Å². The molecule has 3 aromatic carbocycles. The van der Waals surface area contributed by atoms with Crippen molar-refractivity contribution >= 4 is 23.8 Å². The first kappa shape index (κ1) is 24.2. The zero-order valence-corrected chi connectivity index (χ0v) is 18.2. The number of nitrogens with one attached hydrogen (secondary N) is 2. The third kappa shape index (κ3) is 6.77. The second kappa shape index (κ2) is 11.4. The normalized spacial score (nSPS) is 12.2. The molecule has 2 amide bonds. The number of carboxylic acid groups (broad SMARTS) is 2. The number of carbonyl (C=O) groups is 4. The Labute approximate surface area is 196 Å². The van der Waals surface area contributed by atoms with Crippen LogP contribution in [0.5, 0.6) is 0 Å². The van der Waals surface area contributed by atoms with Gasteiger partial charge in [0.15, 0.2) is 0 Å². The van der Waals surface area contributed by atoms with Crippen molar-refractivity contribution < 1.29 is 29.4 Å². The van der Waals surface area contributed by atoms with Crippen molar-refractivity contribution in [3.05, 3.63) is 107 Å². The summed E-state index contributed by atoms with van der Waals surface area (Å²) in [6, 6.07) is 21.2. The molecule has 8 heteroatoms. The van der Waals surface area contributed by atoms with Gasteiger partial charge in [-0.1, -0.05) is 60.7 Å². The lowest BCUT2D eigenvalue weighted by molar-refractivity contribution is -0.140. The molecule has 0 aliphatic heterocycles. The van der Waals surface area contributed by atoms with Crippen LogP contribution in [-0.2, 0) is 22.4 Å². The van der Waals surface area contributed by atoms with E-state index in [2.05, 4.69) is 10.6 Å². The second-order valence-corrected chi connectivity index (χ2v) is 7.69. The van der Waals surface area contributed by atoms with Crippen molar-refractivity contribution in [3.8, 4) is 0 Å². The maximum absolute atomic E-state index is 12.5. The van der Waals surface area contributed by atoms with Gasteiger partial charge in [-0.15, -0.1) is 0 Å². The number of hydrogen-bond acceptors (Lipinski definition) is 4. The largest absolute Gasteiger partial charge is 0.480 e. The Bertz CT molecular complexity index is 1050. The first-order valence-electron chi connectivity index (χ1n) is 10.6. The highest BCUT2D eigenvalue weighted by molar-refractivity contribution is 6.00. The Balaban J connectivity index is 1.63. The average Bonchev–Trinajstić information content (AvgIpc) is 2.84. The summed E-state index contributed by atoms with van der Waals surface area (Å²) >= 11 is 0. The van der Waals surface area contributed by atoms with E-state index in [9.17, 15) is 29.4 Å². The van der Waals surface area contributed by atoms with Gasteiger partial charge in [0.1, 0.15) is 12.1 Å². The van der Waals surface area contributed by atoms with Gasteiger partial charge in [0.2, 0.25) is 0 Å². The number of rotatable bonds is 10. The van der Waals surface area contributed by atoms with Crippen LogP contribution in [0.4, 0.5) is 0 Å². The Morgan fingerprint density at radius 2 is 0.882 bits per heavy atom. The lowest BCUT2D eigenvalue weighted by Gasteiger charge is -2.16. The monoisotopic (exact) mass is 460 g/mol. The Morgan fingerprint density at radius 1 is 0.559 bits per heavy atom. The van der Waals surface area contributed by atoms with Crippen molar-refractivity contribution in [2.75, 3.05) is 0 Å².